The fraction of sp³-hybridized carbons (Fsp3) is 0.200. The quantitative estimate of drug-likeness (QED) is 0.492. The lowest BCUT2D eigenvalue weighted by Crippen LogP contribution is -2.48. The summed E-state index contributed by atoms with van der Waals surface area (Å²) < 4.78 is 1.75. The third-order valence-electron chi connectivity index (χ3n) is 5.65. The van der Waals surface area contributed by atoms with E-state index in [0.29, 0.717) is 18.9 Å². The van der Waals surface area contributed by atoms with E-state index in [-0.39, 0.29) is 11.7 Å². The van der Waals surface area contributed by atoms with Crippen LogP contribution in [0, 0.1) is 0 Å². The molecule has 3 heterocycles. The van der Waals surface area contributed by atoms with Crippen LogP contribution < -0.4 is 0 Å². The summed E-state index contributed by atoms with van der Waals surface area (Å²) in [7, 11) is 0. The Morgan fingerprint density at radius 2 is 1.47 bits per heavy atom. The highest BCUT2D eigenvalue weighted by molar-refractivity contribution is 5.91. The lowest BCUT2D eigenvalue weighted by Gasteiger charge is -2.34. The van der Waals surface area contributed by atoms with Crippen molar-refractivity contribution < 1.29 is 4.79 Å². The molecule has 1 fully saturated rings. The number of benzene rings is 2. The van der Waals surface area contributed by atoms with Gasteiger partial charge in [0, 0.05) is 50.7 Å². The second-order valence-electron chi connectivity index (χ2n) is 7.80. The maximum Gasteiger partial charge on any atom is 0.293 e. The monoisotopic (exact) mass is 424 g/mol. The molecule has 7 nitrogen and oxygen atoms in total. The Morgan fingerprint density at radius 3 is 2.16 bits per heavy atom. The molecule has 5 rings (SSSR count). The molecule has 1 amide bonds. The van der Waals surface area contributed by atoms with E-state index in [1.165, 1.54) is 5.56 Å². The van der Waals surface area contributed by atoms with Crippen molar-refractivity contribution in [1.82, 2.24) is 29.5 Å². The van der Waals surface area contributed by atoms with Gasteiger partial charge in [0.1, 0.15) is 0 Å². The van der Waals surface area contributed by atoms with Crippen molar-refractivity contribution in [2.75, 3.05) is 26.2 Å². The minimum absolute atomic E-state index is 0.125. The van der Waals surface area contributed by atoms with Crippen LogP contribution in [-0.2, 0) is 6.54 Å². The van der Waals surface area contributed by atoms with E-state index in [4.69, 9.17) is 0 Å². The van der Waals surface area contributed by atoms with E-state index in [2.05, 4.69) is 20.0 Å². The van der Waals surface area contributed by atoms with Gasteiger partial charge in [0.25, 0.3) is 5.91 Å². The number of pyridine rings is 1. The first-order chi connectivity index (χ1) is 15.8. The Labute approximate surface area is 187 Å². The van der Waals surface area contributed by atoms with Crippen molar-refractivity contribution in [3.05, 3.63) is 96.6 Å². The largest absolute Gasteiger partial charge is 0.333 e. The second-order valence-corrected chi connectivity index (χ2v) is 7.80. The average molecular weight is 425 g/mol. The zero-order valence-electron chi connectivity index (χ0n) is 17.7. The van der Waals surface area contributed by atoms with E-state index in [9.17, 15) is 4.79 Å². The number of aromatic nitrogens is 4. The van der Waals surface area contributed by atoms with Crippen molar-refractivity contribution in [1.29, 1.82) is 0 Å². The maximum atomic E-state index is 13.3. The van der Waals surface area contributed by atoms with Crippen molar-refractivity contribution in [2.45, 2.75) is 6.54 Å². The molecule has 32 heavy (non-hydrogen) atoms. The summed E-state index contributed by atoms with van der Waals surface area (Å²) in [5.41, 5.74) is 3.03. The predicted molar refractivity (Wildman–Crippen MR) is 122 cm³/mol. The summed E-state index contributed by atoms with van der Waals surface area (Å²) in [5, 5.41) is 4.61. The average Bonchev–Trinajstić information content (AvgIpc) is 3.31. The minimum atomic E-state index is -0.125. The molecule has 1 aliphatic rings. The van der Waals surface area contributed by atoms with Gasteiger partial charge in [-0.2, -0.15) is 0 Å². The number of carbonyl (C=O) groups excluding carboxylic acids is 1. The molecule has 1 saturated heterocycles. The highest BCUT2D eigenvalue weighted by Crippen LogP contribution is 2.22. The Morgan fingerprint density at radius 1 is 0.812 bits per heavy atom. The van der Waals surface area contributed by atoms with Crippen molar-refractivity contribution in [3.63, 3.8) is 0 Å². The summed E-state index contributed by atoms with van der Waals surface area (Å²) in [4.78, 5) is 26.2. The third-order valence-corrected chi connectivity index (χ3v) is 5.65. The molecule has 0 N–H and O–H groups in total. The molecule has 7 heteroatoms. The van der Waals surface area contributed by atoms with Gasteiger partial charge in [-0.25, -0.2) is 9.67 Å². The number of para-hydroxylation sites is 1. The Kier molecular flexibility index (Phi) is 5.72. The number of hydrogen-bond donors (Lipinski definition) is 0. The normalized spacial score (nSPS) is 14.4. The lowest BCUT2D eigenvalue weighted by atomic mass is 10.2. The molecule has 160 valence electrons. The molecular formula is C25H24N6O. The lowest BCUT2D eigenvalue weighted by molar-refractivity contribution is 0.0616. The highest BCUT2D eigenvalue weighted by Gasteiger charge is 2.26. The standard InChI is InChI=1S/C25H24N6O/c32-25(30-17-15-29(16-18-30)19-20-11-13-26-14-12-20)23-27-24(21-7-3-1-4-8-21)31(28-23)22-9-5-2-6-10-22/h1-14H,15-19H2. The van der Waals surface area contributed by atoms with Crippen LogP contribution in [0.15, 0.2) is 85.2 Å². The fourth-order valence-electron chi connectivity index (χ4n) is 3.92. The topological polar surface area (TPSA) is 67.2 Å². The first kappa shape index (κ1) is 20.1. The van der Waals surface area contributed by atoms with Crippen LogP contribution in [0.2, 0.25) is 0 Å². The van der Waals surface area contributed by atoms with Crippen LogP contribution >= 0.6 is 0 Å². The molecule has 1 aliphatic heterocycles. The molecule has 0 unspecified atom stereocenters. The molecular weight excluding hydrogens is 400 g/mol. The summed E-state index contributed by atoms with van der Waals surface area (Å²) >= 11 is 0. The van der Waals surface area contributed by atoms with Gasteiger partial charge in [-0.1, -0.05) is 48.5 Å². The van der Waals surface area contributed by atoms with E-state index >= 15 is 0 Å². The Bertz CT molecular complexity index is 1110. The number of piperazine rings is 1. The van der Waals surface area contributed by atoms with Crippen molar-refractivity contribution in [2.24, 2.45) is 0 Å². The van der Waals surface area contributed by atoms with Crippen LogP contribution in [0.25, 0.3) is 17.1 Å². The summed E-state index contributed by atoms with van der Waals surface area (Å²) in [6, 6.07) is 23.7. The van der Waals surface area contributed by atoms with Crippen LogP contribution in [0.4, 0.5) is 0 Å². The molecule has 0 radical (unpaired) electrons. The van der Waals surface area contributed by atoms with Crippen molar-refractivity contribution in [3.8, 4) is 17.1 Å². The van der Waals surface area contributed by atoms with Gasteiger partial charge in [0.05, 0.1) is 5.69 Å². The molecule has 2 aromatic carbocycles. The third kappa shape index (κ3) is 4.29. The minimum Gasteiger partial charge on any atom is -0.333 e. The number of hydrogen-bond acceptors (Lipinski definition) is 5. The molecule has 0 saturated carbocycles. The van der Waals surface area contributed by atoms with Gasteiger partial charge < -0.3 is 4.90 Å². The van der Waals surface area contributed by atoms with E-state index in [0.717, 1.165) is 30.9 Å². The number of nitrogens with zero attached hydrogens (tertiary/aromatic N) is 6. The van der Waals surface area contributed by atoms with Crippen LogP contribution in [0.3, 0.4) is 0 Å². The van der Waals surface area contributed by atoms with Crippen molar-refractivity contribution >= 4 is 5.91 Å². The zero-order chi connectivity index (χ0) is 21.8. The van der Waals surface area contributed by atoms with Crippen LogP contribution in [0.5, 0.6) is 0 Å². The van der Waals surface area contributed by atoms with Crippen LogP contribution in [0.1, 0.15) is 16.2 Å². The van der Waals surface area contributed by atoms with Gasteiger partial charge >= 0.3 is 0 Å². The number of rotatable bonds is 5. The first-order valence-electron chi connectivity index (χ1n) is 10.8. The highest BCUT2D eigenvalue weighted by atomic mass is 16.2. The molecule has 0 atom stereocenters. The predicted octanol–water partition coefficient (Wildman–Crippen LogP) is 3.29. The van der Waals surface area contributed by atoms with E-state index in [1.807, 2.05) is 90.1 Å². The number of amides is 1. The summed E-state index contributed by atoms with van der Waals surface area (Å²) in [6.45, 7) is 3.82. The smallest absolute Gasteiger partial charge is 0.293 e. The Hall–Kier alpha value is -3.84. The zero-order valence-corrected chi connectivity index (χ0v) is 17.7. The van der Waals surface area contributed by atoms with Gasteiger partial charge in [-0.05, 0) is 29.8 Å². The Balaban J connectivity index is 1.35. The second kappa shape index (κ2) is 9.11. The number of carbonyl (C=O) groups is 1. The maximum absolute atomic E-state index is 13.3. The van der Waals surface area contributed by atoms with Gasteiger partial charge in [0.15, 0.2) is 5.82 Å². The summed E-state index contributed by atoms with van der Waals surface area (Å²) in [6.07, 6.45) is 3.63. The molecule has 0 aliphatic carbocycles. The fourth-order valence-corrected chi connectivity index (χ4v) is 3.92. The summed E-state index contributed by atoms with van der Waals surface area (Å²) in [5.74, 6) is 0.771. The van der Waals surface area contributed by atoms with Gasteiger partial charge in [0.2, 0.25) is 5.82 Å². The molecule has 4 aromatic rings. The molecule has 0 spiro atoms. The van der Waals surface area contributed by atoms with Gasteiger partial charge in [-0.15, -0.1) is 5.10 Å². The van der Waals surface area contributed by atoms with Gasteiger partial charge in [-0.3, -0.25) is 14.7 Å². The van der Waals surface area contributed by atoms with E-state index < -0.39 is 0 Å². The first-order valence-corrected chi connectivity index (χ1v) is 10.8. The van der Waals surface area contributed by atoms with E-state index in [1.54, 1.807) is 4.68 Å². The SMILES string of the molecule is O=C(c1nc(-c2ccccc2)n(-c2ccccc2)n1)N1CCN(Cc2ccncc2)CC1. The van der Waals surface area contributed by atoms with Crippen LogP contribution in [-0.4, -0.2) is 61.6 Å². The molecule has 0 bridgehead atoms. The molecule has 2 aromatic heterocycles.